The van der Waals surface area contributed by atoms with E-state index in [0.717, 1.165) is 12.0 Å². The summed E-state index contributed by atoms with van der Waals surface area (Å²) in [4.78, 5) is 0. The molecule has 2 N–H and O–H groups in total. The minimum atomic E-state index is 0.305. The molecule has 0 fully saturated rings. The van der Waals surface area contributed by atoms with Gasteiger partial charge in [0.25, 0.3) is 0 Å². The average molecular weight is 249 g/mol. The number of hydrogen-bond donors (Lipinski definition) is 1. The van der Waals surface area contributed by atoms with E-state index in [1.165, 1.54) is 0 Å². The van der Waals surface area contributed by atoms with Gasteiger partial charge in [0.05, 0.1) is 14.2 Å². The van der Waals surface area contributed by atoms with Crippen LogP contribution in [0.1, 0.15) is 12.5 Å². The van der Waals surface area contributed by atoms with Crippen molar-refractivity contribution in [3.05, 3.63) is 17.7 Å². The van der Waals surface area contributed by atoms with Crippen LogP contribution in [-0.2, 0) is 6.42 Å². The predicted molar refractivity (Wildman–Crippen MR) is 71.2 cm³/mol. The molecule has 4 heteroatoms. The van der Waals surface area contributed by atoms with E-state index in [-0.39, 0.29) is 0 Å². The van der Waals surface area contributed by atoms with Gasteiger partial charge in [-0.2, -0.15) is 0 Å². The van der Waals surface area contributed by atoms with Crippen LogP contribution in [0.2, 0.25) is 0 Å². The molecular formula is C14H19NO3. The number of benzene rings is 1. The monoisotopic (exact) mass is 249 g/mol. The van der Waals surface area contributed by atoms with Gasteiger partial charge in [0.2, 0.25) is 5.75 Å². The Bertz CT molecular complexity index is 421. The second-order valence-electron chi connectivity index (χ2n) is 3.58. The van der Waals surface area contributed by atoms with E-state index in [1.54, 1.807) is 21.1 Å². The van der Waals surface area contributed by atoms with Crippen LogP contribution in [0.4, 0.5) is 0 Å². The van der Waals surface area contributed by atoms with Gasteiger partial charge >= 0.3 is 0 Å². The molecular weight excluding hydrogens is 230 g/mol. The summed E-state index contributed by atoms with van der Waals surface area (Å²) >= 11 is 0. The summed E-state index contributed by atoms with van der Waals surface area (Å²) in [5, 5.41) is 0. The van der Waals surface area contributed by atoms with Crippen molar-refractivity contribution < 1.29 is 14.2 Å². The van der Waals surface area contributed by atoms with Crippen molar-refractivity contribution >= 4 is 0 Å². The van der Waals surface area contributed by atoms with Crippen LogP contribution in [0.15, 0.2) is 12.1 Å². The largest absolute Gasteiger partial charge is 0.493 e. The zero-order valence-corrected chi connectivity index (χ0v) is 11.1. The van der Waals surface area contributed by atoms with Crippen LogP contribution in [0.3, 0.4) is 0 Å². The van der Waals surface area contributed by atoms with E-state index in [2.05, 4.69) is 11.8 Å². The van der Waals surface area contributed by atoms with Crippen molar-refractivity contribution in [1.82, 2.24) is 0 Å². The molecule has 0 saturated carbocycles. The third kappa shape index (κ3) is 3.57. The third-order valence-corrected chi connectivity index (χ3v) is 2.42. The van der Waals surface area contributed by atoms with Gasteiger partial charge in [-0.25, -0.2) is 0 Å². The summed E-state index contributed by atoms with van der Waals surface area (Å²) in [6.45, 7) is 2.65. The Kier molecular flexibility index (Phi) is 5.89. The first-order chi connectivity index (χ1) is 8.76. The first-order valence-corrected chi connectivity index (χ1v) is 5.74. The van der Waals surface area contributed by atoms with E-state index >= 15 is 0 Å². The first-order valence-electron chi connectivity index (χ1n) is 5.74. The zero-order chi connectivity index (χ0) is 13.4. The maximum atomic E-state index is 5.57. The lowest BCUT2D eigenvalue weighted by molar-refractivity contribution is 0.304. The Balaban J connectivity index is 3.07. The molecule has 98 valence electrons. The smallest absolute Gasteiger partial charge is 0.204 e. The molecule has 0 aliphatic carbocycles. The standard InChI is InChI=1S/C14H19NO3/c1-4-5-8-18-14-12(16-2)9-11(6-7-15)10-13(14)17-3/h9-10H,6-8,15H2,1-3H3. The van der Waals surface area contributed by atoms with Gasteiger partial charge in [-0.05, 0) is 37.6 Å². The minimum absolute atomic E-state index is 0.305. The average Bonchev–Trinajstić information content (AvgIpc) is 2.40. The van der Waals surface area contributed by atoms with E-state index in [0.29, 0.717) is 30.4 Å². The highest BCUT2D eigenvalue weighted by atomic mass is 16.5. The minimum Gasteiger partial charge on any atom is -0.493 e. The molecule has 0 aliphatic heterocycles. The normalized spacial score (nSPS) is 9.33. The highest BCUT2D eigenvalue weighted by molar-refractivity contribution is 5.54. The Morgan fingerprint density at radius 2 is 1.78 bits per heavy atom. The summed E-state index contributed by atoms with van der Waals surface area (Å²) in [5.41, 5.74) is 6.60. The summed E-state index contributed by atoms with van der Waals surface area (Å²) in [5.74, 6) is 7.45. The van der Waals surface area contributed by atoms with Gasteiger partial charge in [-0.15, -0.1) is 5.92 Å². The van der Waals surface area contributed by atoms with Crippen molar-refractivity contribution in [2.75, 3.05) is 27.4 Å². The molecule has 4 nitrogen and oxygen atoms in total. The number of hydrogen-bond acceptors (Lipinski definition) is 4. The summed E-state index contributed by atoms with van der Waals surface area (Å²) in [7, 11) is 3.19. The quantitative estimate of drug-likeness (QED) is 0.778. The topological polar surface area (TPSA) is 53.7 Å². The third-order valence-electron chi connectivity index (χ3n) is 2.42. The fourth-order valence-electron chi connectivity index (χ4n) is 1.57. The molecule has 0 unspecified atom stereocenters. The number of ether oxygens (including phenoxy) is 3. The van der Waals surface area contributed by atoms with E-state index < -0.39 is 0 Å². The van der Waals surface area contributed by atoms with Crippen LogP contribution in [0.25, 0.3) is 0 Å². The van der Waals surface area contributed by atoms with Crippen molar-refractivity contribution in [2.45, 2.75) is 13.3 Å². The van der Waals surface area contributed by atoms with Gasteiger partial charge in [-0.3, -0.25) is 0 Å². The van der Waals surface area contributed by atoms with Crippen LogP contribution < -0.4 is 19.9 Å². The van der Waals surface area contributed by atoms with Gasteiger partial charge in [0, 0.05) is 0 Å². The van der Waals surface area contributed by atoms with E-state index in [9.17, 15) is 0 Å². The molecule has 18 heavy (non-hydrogen) atoms. The zero-order valence-electron chi connectivity index (χ0n) is 11.1. The number of nitrogens with two attached hydrogens (primary N) is 1. The molecule has 0 aliphatic rings. The molecule has 0 radical (unpaired) electrons. The molecule has 0 heterocycles. The van der Waals surface area contributed by atoms with Crippen LogP contribution in [-0.4, -0.2) is 27.4 Å². The molecule has 0 aromatic heterocycles. The van der Waals surface area contributed by atoms with Gasteiger partial charge < -0.3 is 19.9 Å². The van der Waals surface area contributed by atoms with Gasteiger partial charge in [-0.1, -0.05) is 5.92 Å². The van der Waals surface area contributed by atoms with Gasteiger partial charge in [0.1, 0.15) is 6.61 Å². The summed E-state index contributed by atoms with van der Waals surface area (Å²) < 4.78 is 16.2. The second-order valence-corrected chi connectivity index (χ2v) is 3.58. The number of rotatable bonds is 6. The molecule has 1 aromatic rings. The number of methoxy groups -OCH3 is 2. The predicted octanol–water partition coefficient (Wildman–Crippen LogP) is 1.61. The van der Waals surface area contributed by atoms with Crippen molar-refractivity contribution in [1.29, 1.82) is 0 Å². The Hall–Kier alpha value is -1.86. The molecule has 0 amide bonds. The van der Waals surface area contributed by atoms with E-state index in [1.807, 2.05) is 12.1 Å². The Morgan fingerprint density at radius 3 is 2.22 bits per heavy atom. The maximum Gasteiger partial charge on any atom is 0.204 e. The van der Waals surface area contributed by atoms with Gasteiger partial charge in [0.15, 0.2) is 11.5 Å². The second kappa shape index (κ2) is 7.46. The molecule has 0 saturated heterocycles. The molecule has 1 rings (SSSR count). The lowest BCUT2D eigenvalue weighted by Crippen LogP contribution is -2.05. The first kappa shape index (κ1) is 14.2. The Morgan fingerprint density at radius 1 is 1.17 bits per heavy atom. The highest BCUT2D eigenvalue weighted by Crippen LogP contribution is 2.38. The fraction of sp³-hybridized carbons (Fsp3) is 0.429. The molecule has 0 bridgehead atoms. The molecule has 0 atom stereocenters. The lowest BCUT2D eigenvalue weighted by Gasteiger charge is -2.14. The SMILES string of the molecule is CC#CCOc1c(OC)cc(CCN)cc1OC. The maximum absolute atomic E-state index is 5.57. The highest BCUT2D eigenvalue weighted by Gasteiger charge is 2.13. The van der Waals surface area contributed by atoms with E-state index in [4.69, 9.17) is 19.9 Å². The molecule has 0 spiro atoms. The van der Waals surface area contributed by atoms with Crippen LogP contribution in [0.5, 0.6) is 17.2 Å². The van der Waals surface area contributed by atoms with Crippen LogP contribution >= 0.6 is 0 Å². The Labute approximate surface area is 108 Å². The lowest BCUT2D eigenvalue weighted by atomic mass is 10.1. The van der Waals surface area contributed by atoms with Crippen molar-refractivity contribution in [2.24, 2.45) is 5.73 Å². The van der Waals surface area contributed by atoms with Crippen LogP contribution in [0, 0.1) is 11.8 Å². The van der Waals surface area contributed by atoms with Crippen molar-refractivity contribution in [3.63, 3.8) is 0 Å². The summed E-state index contributed by atoms with van der Waals surface area (Å²) in [6.07, 6.45) is 0.766. The summed E-state index contributed by atoms with van der Waals surface area (Å²) in [6, 6.07) is 3.81. The van der Waals surface area contributed by atoms with Crippen molar-refractivity contribution in [3.8, 4) is 29.1 Å². The fourth-order valence-corrected chi connectivity index (χ4v) is 1.57. The molecule has 1 aromatic carbocycles.